The van der Waals surface area contributed by atoms with Gasteiger partial charge in [0.05, 0.1) is 24.2 Å². The molecule has 31 heavy (non-hydrogen) atoms. The fraction of sp³-hybridized carbons (Fsp3) is 0.300. The molecular weight excluding hydrogens is 471 g/mol. The van der Waals surface area contributed by atoms with E-state index in [1.54, 1.807) is 35.0 Å². The Kier molecular flexibility index (Phi) is 6.14. The third kappa shape index (κ3) is 4.83. The molecule has 1 aliphatic rings. The zero-order chi connectivity index (χ0) is 22.0. The standard InChI is InChI=1S/C20H20BrFN6O3/c1-26-17(10-16(24-26)20(30)27-6-8-31-9-7-27)19(29)23-18-15(21)12-28(25-18)11-13-2-4-14(22)5-3-13/h2-5,10,12H,6-9,11H2,1H3,(H,23,25,29). The number of hydrogen-bond acceptors (Lipinski definition) is 5. The highest BCUT2D eigenvalue weighted by atomic mass is 79.9. The average molecular weight is 491 g/mol. The number of carbonyl (C=O) groups is 2. The number of carbonyl (C=O) groups excluding carboxylic acids is 2. The largest absolute Gasteiger partial charge is 0.378 e. The number of amides is 2. The molecule has 2 aromatic heterocycles. The Hall–Kier alpha value is -3.05. The summed E-state index contributed by atoms with van der Waals surface area (Å²) in [7, 11) is 1.60. The van der Waals surface area contributed by atoms with Crippen molar-refractivity contribution in [3.05, 3.63) is 63.8 Å². The van der Waals surface area contributed by atoms with E-state index in [0.29, 0.717) is 43.1 Å². The van der Waals surface area contributed by atoms with Gasteiger partial charge >= 0.3 is 0 Å². The fourth-order valence-corrected chi connectivity index (χ4v) is 3.64. The van der Waals surface area contributed by atoms with Gasteiger partial charge in [0.1, 0.15) is 11.5 Å². The van der Waals surface area contributed by atoms with Crippen LogP contribution in [0.2, 0.25) is 0 Å². The van der Waals surface area contributed by atoms with E-state index >= 15 is 0 Å². The molecule has 0 saturated carbocycles. The van der Waals surface area contributed by atoms with E-state index in [2.05, 4.69) is 31.4 Å². The topological polar surface area (TPSA) is 94.3 Å². The maximum atomic E-state index is 13.1. The quantitative estimate of drug-likeness (QED) is 0.591. The minimum absolute atomic E-state index is 0.204. The summed E-state index contributed by atoms with van der Waals surface area (Å²) < 4.78 is 21.9. The molecular formula is C20H20BrFN6O3. The van der Waals surface area contributed by atoms with Gasteiger partial charge in [-0.05, 0) is 33.6 Å². The molecule has 0 atom stereocenters. The Morgan fingerprint density at radius 3 is 2.61 bits per heavy atom. The Balaban J connectivity index is 1.46. The van der Waals surface area contributed by atoms with E-state index in [1.165, 1.54) is 22.9 Å². The second-order valence-electron chi connectivity index (χ2n) is 7.05. The normalized spacial score (nSPS) is 14.0. The minimum Gasteiger partial charge on any atom is -0.378 e. The van der Waals surface area contributed by atoms with Crippen LogP contribution in [0.4, 0.5) is 10.2 Å². The van der Waals surface area contributed by atoms with Gasteiger partial charge in [-0.1, -0.05) is 12.1 Å². The lowest BCUT2D eigenvalue weighted by Crippen LogP contribution is -2.40. The van der Waals surface area contributed by atoms with Gasteiger partial charge in [0.15, 0.2) is 11.5 Å². The fourth-order valence-electron chi connectivity index (χ4n) is 3.22. The summed E-state index contributed by atoms with van der Waals surface area (Å²) in [5, 5.41) is 11.3. The van der Waals surface area contributed by atoms with Gasteiger partial charge in [-0.3, -0.25) is 19.0 Å². The summed E-state index contributed by atoms with van der Waals surface area (Å²) in [5.41, 5.74) is 1.30. The van der Waals surface area contributed by atoms with E-state index in [1.807, 2.05) is 0 Å². The zero-order valence-corrected chi connectivity index (χ0v) is 18.3. The summed E-state index contributed by atoms with van der Waals surface area (Å²) >= 11 is 3.39. The van der Waals surface area contributed by atoms with Crippen LogP contribution in [0.3, 0.4) is 0 Å². The van der Waals surface area contributed by atoms with Crippen LogP contribution in [0.15, 0.2) is 41.0 Å². The van der Waals surface area contributed by atoms with Crippen molar-refractivity contribution in [1.29, 1.82) is 0 Å². The second kappa shape index (κ2) is 8.98. The third-order valence-corrected chi connectivity index (χ3v) is 5.42. The van der Waals surface area contributed by atoms with E-state index in [-0.39, 0.29) is 23.1 Å². The molecule has 1 aliphatic heterocycles. The SMILES string of the molecule is Cn1nc(C(=O)N2CCOCC2)cc1C(=O)Nc1nn(Cc2ccc(F)cc2)cc1Br. The molecule has 4 rings (SSSR count). The van der Waals surface area contributed by atoms with Gasteiger partial charge in [-0.2, -0.15) is 10.2 Å². The van der Waals surface area contributed by atoms with Crippen molar-refractivity contribution in [3.63, 3.8) is 0 Å². The third-order valence-electron chi connectivity index (χ3n) is 4.84. The highest BCUT2D eigenvalue weighted by molar-refractivity contribution is 9.10. The van der Waals surface area contributed by atoms with Crippen LogP contribution >= 0.6 is 15.9 Å². The van der Waals surface area contributed by atoms with Crippen molar-refractivity contribution in [3.8, 4) is 0 Å². The van der Waals surface area contributed by atoms with E-state index < -0.39 is 5.91 Å². The molecule has 0 radical (unpaired) electrons. The van der Waals surface area contributed by atoms with Crippen molar-refractivity contribution in [1.82, 2.24) is 24.5 Å². The van der Waals surface area contributed by atoms with Crippen molar-refractivity contribution in [2.45, 2.75) is 6.54 Å². The number of rotatable bonds is 5. The van der Waals surface area contributed by atoms with Crippen LogP contribution in [-0.4, -0.2) is 62.6 Å². The minimum atomic E-state index is -0.441. The molecule has 3 heterocycles. The number of nitrogens with one attached hydrogen (secondary N) is 1. The summed E-state index contributed by atoms with van der Waals surface area (Å²) in [5.74, 6) is -0.651. The monoisotopic (exact) mass is 490 g/mol. The van der Waals surface area contributed by atoms with Crippen molar-refractivity contribution in [2.75, 3.05) is 31.6 Å². The smallest absolute Gasteiger partial charge is 0.275 e. The molecule has 0 unspecified atom stereocenters. The van der Waals surface area contributed by atoms with Crippen LogP contribution in [-0.2, 0) is 18.3 Å². The lowest BCUT2D eigenvalue weighted by molar-refractivity contribution is 0.0298. The molecule has 11 heteroatoms. The zero-order valence-electron chi connectivity index (χ0n) is 16.7. The van der Waals surface area contributed by atoms with Crippen molar-refractivity contribution < 1.29 is 18.7 Å². The molecule has 1 fully saturated rings. The molecule has 1 N–H and O–H groups in total. The maximum absolute atomic E-state index is 13.1. The van der Waals surface area contributed by atoms with Gasteiger partial charge in [-0.15, -0.1) is 0 Å². The van der Waals surface area contributed by atoms with Crippen molar-refractivity contribution in [2.24, 2.45) is 7.05 Å². The Labute approximate surface area is 185 Å². The number of aromatic nitrogens is 4. The molecule has 0 bridgehead atoms. The molecule has 9 nitrogen and oxygen atoms in total. The summed E-state index contributed by atoms with van der Waals surface area (Å²) in [6.45, 7) is 2.38. The predicted molar refractivity (Wildman–Crippen MR) is 113 cm³/mol. The van der Waals surface area contributed by atoms with Crippen LogP contribution in [0.1, 0.15) is 26.5 Å². The first-order valence-corrected chi connectivity index (χ1v) is 10.4. The van der Waals surface area contributed by atoms with Gasteiger partial charge in [0.25, 0.3) is 11.8 Å². The highest BCUT2D eigenvalue weighted by Crippen LogP contribution is 2.22. The van der Waals surface area contributed by atoms with Gasteiger partial charge in [0, 0.05) is 32.4 Å². The average Bonchev–Trinajstić information content (AvgIpc) is 3.32. The number of anilines is 1. The lowest BCUT2D eigenvalue weighted by Gasteiger charge is -2.25. The van der Waals surface area contributed by atoms with E-state index in [0.717, 1.165) is 5.56 Å². The number of halogens is 2. The predicted octanol–water partition coefficient (Wildman–Crippen LogP) is 2.29. The number of benzene rings is 1. The Bertz CT molecular complexity index is 1100. The molecule has 3 aromatic rings. The summed E-state index contributed by atoms with van der Waals surface area (Å²) in [6, 6.07) is 7.58. The van der Waals surface area contributed by atoms with Gasteiger partial charge < -0.3 is 15.0 Å². The molecule has 0 spiro atoms. The summed E-state index contributed by atoms with van der Waals surface area (Å²) in [4.78, 5) is 27.0. The first-order chi connectivity index (χ1) is 14.9. The number of ether oxygens (including phenoxy) is 1. The first-order valence-electron chi connectivity index (χ1n) is 9.60. The molecule has 1 aromatic carbocycles. The molecule has 0 aliphatic carbocycles. The molecule has 1 saturated heterocycles. The Morgan fingerprint density at radius 1 is 1.19 bits per heavy atom. The lowest BCUT2D eigenvalue weighted by atomic mass is 10.2. The molecule has 162 valence electrons. The Morgan fingerprint density at radius 2 is 1.90 bits per heavy atom. The van der Waals surface area contributed by atoms with Crippen LogP contribution in [0.5, 0.6) is 0 Å². The van der Waals surface area contributed by atoms with Crippen LogP contribution in [0, 0.1) is 5.82 Å². The summed E-state index contributed by atoms with van der Waals surface area (Å²) in [6.07, 6.45) is 1.72. The van der Waals surface area contributed by atoms with E-state index in [4.69, 9.17) is 4.74 Å². The van der Waals surface area contributed by atoms with Gasteiger partial charge in [0.2, 0.25) is 0 Å². The van der Waals surface area contributed by atoms with Crippen LogP contribution < -0.4 is 5.32 Å². The number of hydrogen-bond donors (Lipinski definition) is 1. The first kappa shape index (κ1) is 21.2. The number of aryl methyl sites for hydroxylation is 1. The van der Waals surface area contributed by atoms with Gasteiger partial charge in [-0.25, -0.2) is 4.39 Å². The van der Waals surface area contributed by atoms with E-state index in [9.17, 15) is 14.0 Å². The second-order valence-corrected chi connectivity index (χ2v) is 7.90. The number of nitrogens with zero attached hydrogens (tertiary/aromatic N) is 5. The number of morpholine rings is 1. The van der Waals surface area contributed by atoms with Crippen LogP contribution in [0.25, 0.3) is 0 Å². The van der Waals surface area contributed by atoms with Crippen molar-refractivity contribution >= 4 is 33.6 Å². The highest BCUT2D eigenvalue weighted by Gasteiger charge is 2.24. The molecule has 2 amide bonds. The maximum Gasteiger partial charge on any atom is 0.275 e.